The molecule has 124 valence electrons. The number of fused-ring (bicyclic) bond motifs is 4. The first-order valence-electron chi connectivity index (χ1n) is 7.47. The summed E-state index contributed by atoms with van der Waals surface area (Å²) in [6.45, 7) is 0.763. The average Bonchev–Trinajstić information content (AvgIpc) is 2.49. The molecule has 0 spiro atoms. The van der Waals surface area contributed by atoms with Crippen LogP contribution in [-0.2, 0) is 22.0 Å². The van der Waals surface area contributed by atoms with E-state index >= 15 is 0 Å². The van der Waals surface area contributed by atoms with Crippen molar-refractivity contribution in [2.75, 3.05) is 20.6 Å². The molecule has 1 unspecified atom stereocenters. The molecule has 23 heavy (non-hydrogen) atoms. The Balaban J connectivity index is 2.26. The molecule has 0 radical (unpaired) electrons. The largest absolute Gasteiger partial charge is 0.508 e. The van der Waals surface area contributed by atoms with Gasteiger partial charge in [0.05, 0.1) is 11.5 Å². The van der Waals surface area contributed by atoms with Crippen molar-refractivity contribution in [3.63, 3.8) is 0 Å². The Bertz CT molecular complexity index is 786. The predicted octanol–water partition coefficient (Wildman–Crippen LogP) is 0.0273. The van der Waals surface area contributed by atoms with Gasteiger partial charge in [0.25, 0.3) is 10.2 Å². The van der Waals surface area contributed by atoms with Crippen molar-refractivity contribution >= 4 is 10.2 Å². The normalized spacial score (nSPS) is 30.7. The first-order valence-corrected chi connectivity index (χ1v) is 8.97. The van der Waals surface area contributed by atoms with E-state index in [1.54, 1.807) is 12.1 Å². The molecule has 6 nitrogen and oxygen atoms in total. The van der Waals surface area contributed by atoms with Gasteiger partial charge in [-0.2, -0.15) is 12.7 Å². The van der Waals surface area contributed by atoms with Crippen LogP contribution in [0.1, 0.15) is 17.5 Å². The van der Waals surface area contributed by atoms with E-state index in [-0.39, 0.29) is 11.8 Å². The molecule has 3 atom stereocenters. The van der Waals surface area contributed by atoms with Crippen LogP contribution in [0.3, 0.4) is 0 Å². The number of hydrogen-bond acceptors (Lipinski definition) is 4. The first kappa shape index (κ1) is 16.3. The second-order valence-electron chi connectivity index (χ2n) is 6.47. The lowest BCUT2D eigenvalue weighted by atomic mass is 9.61. The van der Waals surface area contributed by atoms with Crippen LogP contribution in [0.25, 0.3) is 0 Å². The highest BCUT2D eigenvalue weighted by Gasteiger charge is 2.55. The number of nitrogens with two attached hydrogens (primary N) is 1. The number of nitrogens with zero attached hydrogens (tertiary/aromatic N) is 2. The number of likely N-dealkylation sites (tertiary alicyclic amines) is 1. The first-order chi connectivity index (χ1) is 10.7. The molecule has 1 fully saturated rings. The van der Waals surface area contributed by atoms with E-state index in [1.807, 2.05) is 13.1 Å². The van der Waals surface area contributed by atoms with Crippen molar-refractivity contribution < 1.29 is 13.5 Å². The Kier molecular flexibility index (Phi) is 3.69. The Morgan fingerprint density at radius 2 is 2.22 bits per heavy atom. The van der Waals surface area contributed by atoms with E-state index in [4.69, 9.17) is 11.6 Å². The van der Waals surface area contributed by atoms with E-state index in [0.29, 0.717) is 12.8 Å². The minimum absolute atomic E-state index is 0.0554. The SMILES string of the molecule is C#C[C@@]12CCN(C)C(Cc3ccc(O)cc31)[C@@H]2N(C)S(N)(=O)=O. The van der Waals surface area contributed by atoms with Crippen LogP contribution < -0.4 is 5.14 Å². The minimum atomic E-state index is -3.88. The van der Waals surface area contributed by atoms with Crippen molar-refractivity contribution in [2.45, 2.75) is 30.3 Å². The van der Waals surface area contributed by atoms with Gasteiger partial charge in [-0.05, 0) is 43.1 Å². The molecule has 1 aromatic carbocycles. The van der Waals surface area contributed by atoms with E-state index < -0.39 is 21.7 Å². The summed E-state index contributed by atoms with van der Waals surface area (Å²) in [4.78, 5) is 2.14. The van der Waals surface area contributed by atoms with E-state index in [9.17, 15) is 13.5 Å². The average molecular weight is 335 g/mol. The summed E-state index contributed by atoms with van der Waals surface area (Å²) in [5, 5.41) is 15.3. The van der Waals surface area contributed by atoms with Crippen molar-refractivity contribution in [1.82, 2.24) is 9.21 Å². The van der Waals surface area contributed by atoms with Gasteiger partial charge in [-0.1, -0.05) is 12.0 Å². The monoisotopic (exact) mass is 335 g/mol. The van der Waals surface area contributed by atoms with Crippen molar-refractivity contribution in [3.05, 3.63) is 29.3 Å². The van der Waals surface area contributed by atoms with Gasteiger partial charge in [0.1, 0.15) is 5.75 Å². The van der Waals surface area contributed by atoms with Crippen LogP contribution in [0.2, 0.25) is 0 Å². The topological polar surface area (TPSA) is 86.9 Å². The molecule has 3 rings (SSSR count). The molecule has 1 aromatic rings. The smallest absolute Gasteiger partial charge is 0.277 e. The maximum absolute atomic E-state index is 12.0. The molecular weight excluding hydrogens is 314 g/mol. The van der Waals surface area contributed by atoms with Crippen LogP contribution in [0.4, 0.5) is 0 Å². The zero-order valence-corrected chi connectivity index (χ0v) is 14.0. The van der Waals surface area contributed by atoms with E-state index in [1.165, 1.54) is 11.4 Å². The van der Waals surface area contributed by atoms with Crippen LogP contribution in [0.15, 0.2) is 18.2 Å². The van der Waals surface area contributed by atoms with Gasteiger partial charge in [-0.15, -0.1) is 6.42 Å². The van der Waals surface area contributed by atoms with Gasteiger partial charge in [-0.3, -0.25) is 0 Å². The summed E-state index contributed by atoms with van der Waals surface area (Å²) in [6, 6.07) is 4.66. The number of phenolic OH excluding ortho intramolecular Hbond substituents is 1. The molecule has 2 aliphatic rings. The summed E-state index contributed by atoms with van der Waals surface area (Å²) in [7, 11) is -0.429. The molecule has 7 heteroatoms. The Morgan fingerprint density at radius 3 is 2.83 bits per heavy atom. The van der Waals surface area contributed by atoms with Crippen LogP contribution in [0.5, 0.6) is 5.75 Å². The second kappa shape index (κ2) is 5.21. The lowest BCUT2D eigenvalue weighted by molar-refractivity contribution is 0.0528. The predicted molar refractivity (Wildman–Crippen MR) is 88.0 cm³/mol. The van der Waals surface area contributed by atoms with Gasteiger partial charge < -0.3 is 10.0 Å². The number of likely N-dealkylation sites (N-methyl/N-ethyl adjacent to an activating group) is 2. The lowest BCUT2D eigenvalue weighted by Crippen LogP contribution is -2.68. The van der Waals surface area contributed by atoms with Crippen molar-refractivity contribution in [1.29, 1.82) is 0 Å². The number of phenols is 1. The third-order valence-electron chi connectivity index (χ3n) is 5.35. The number of aromatic hydroxyl groups is 1. The molecule has 3 N–H and O–H groups in total. The Labute approximate surface area is 137 Å². The molecule has 1 heterocycles. The number of piperidine rings is 1. The number of rotatable bonds is 2. The fourth-order valence-electron chi connectivity index (χ4n) is 4.13. The molecule has 1 aliphatic heterocycles. The highest BCUT2D eigenvalue weighted by Crippen LogP contribution is 2.47. The van der Waals surface area contributed by atoms with E-state index in [0.717, 1.165) is 17.7 Å². The summed E-state index contributed by atoms with van der Waals surface area (Å²) < 4.78 is 25.1. The van der Waals surface area contributed by atoms with Gasteiger partial charge in [0.2, 0.25) is 0 Å². The zero-order chi connectivity index (χ0) is 17.0. The standard InChI is InChI=1S/C16H21N3O3S/c1-4-16-7-8-18(2)14(15(16)19(3)23(17,21)22)9-11-5-6-12(20)10-13(11)16/h1,5-6,10,14-15,20H,7-9H2,2-3H3,(H2,17,21,22)/t14?,15-,16+/m0/s1. The molecule has 0 saturated carbocycles. The van der Waals surface area contributed by atoms with Crippen LogP contribution in [-0.4, -0.2) is 55.5 Å². The van der Waals surface area contributed by atoms with Gasteiger partial charge >= 0.3 is 0 Å². The van der Waals surface area contributed by atoms with Gasteiger partial charge in [0.15, 0.2) is 0 Å². The summed E-state index contributed by atoms with van der Waals surface area (Å²) >= 11 is 0. The molecular formula is C16H21N3O3S. The van der Waals surface area contributed by atoms with E-state index in [2.05, 4.69) is 10.8 Å². The summed E-state index contributed by atoms with van der Waals surface area (Å²) in [5.74, 6) is 2.99. The highest BCUT2D eigenvalue weighted by molar-refractivity contribution is 7.86. The van der Waals surface area contributed by atoms with Crippen molar-refractivity contribution in [2.24, 2.45) is 5.14 Å². The second-order valence-corrected chi connectivity index (χ2v) is 8.07. The fraction of sp³-hybridized carbons (Fsp3) is 0.500. The number of hydrogen-bond donors (Lipinski definition) is 2. The third kappa shape index (κ3) is 2.34. The Morgan fingerprint density at radius 1 is 1.52 bits per heavy atom. The maximum Gasteiger partial charge on any atom is 0.277 e. The molecule has 1 saturated heterocycles. The summed E-state index contributed by atoms with van der Waals surface area (Å²) in [5.41, 5.74) is 1.10. The van der Waals surface area contributed by atoms with Crippen LogP contribution >= 0.6 is 0 Å². The van der Waals surface area contributed by atoms with Gasteiger partial charge in [0, 0.05) is 19.6 Å². The minimum Gasteiger partial charge on any atom is -0.508 e. The quantitative estimate of drug-likeness (QED) is 0.747. The highest BCUT2D eigenvalue weighted by atomic mass is 32.2. The summed E-state index contributed by atoms with van der Waals surface area (Å²) in [6.07, 6.45) is 7.19. The van der Waals surface area contributed by atoms with Crippen LogP contribution in [0, 0.1) is 12.3 Å². The maximum atomic E-state index is 12.0. The molecule has 2 bridgehead atoms. The zero-order valence-electron chi connectivity index (χ0n) is 13.2. The molecule has 1 aliphatic carbocycles. The lowest BCUT2D eigenvalue weighted by Gasteiger charge is -2.55. The number of terminal acetylenes is 1. The molecule has 0 amide bonds. The molecule has 0 aromatic heterocycles. The Hall–Kier alpha value is -1.59. The van der Waals surface area contributed by atoms with Crippen molar-refractivity contribution in [3.8, 4) is 18.1 Å². The third-order valence-corrected chi connectivity index (χ3v) is 6.38. The van der Waals surface area contributed by atoms with Gasteiger partial charge in [-0.25, -0.2) is 5.14 Å². The number of benzene rings is 1. The fourth-order valence-corrected chi connectivity index (χ4v) is 4.76.